The van der Waals surface area contributed by atoms with E-state index < -0.39 is 11.9 Å². The number of alkyl halides is 3. The molecule has 2 rings (SSSR count). The van der Waals surface area contributed by atoms with Gasteiger partial charge in [-0.3, -0.25) is 4.99 Å². The summed E-state index contributed by atoms with van der Waals surface area (Å²) in [7, 11) is 1.66. The summed E-state index contributed by atoms with van der Waals surface area (Å²) >= 11 is 0. The molecule has 134 valence electrons. The SMILES string of the molecule is CN=C(NCCNc1nccc(C(F)(F)F)n1)N1CCC(O)CC1. The second-order valence-electron chi connectivity index (χ2n) is 5.38. The molecule has 1 fully saturated rings. The number of aliphatic imine (C=N–C) groups is 1. The van der Waals surface area contributed by atoms with Gasteiger partial charge >= 0.3 is 6.18 Å². The molecule has 1 aliphatic heterocycles. The van der Waals surface area contributed by atoms with Crippen LogP contribution in [-0.2, 0) is 6.18 Å². The van der Waals surface area contributed by atoms with E-state index in [2.05, 4.69) is 25.6 Å². The number of nitrogens with one attached hydrogen (secondary N) is 2. The van der Waals surface area contributed by atoms with Gasteiger partial charge in [-0.15, -0.1) is 0 Å². The smallest absolute Gasteiger partial charge is 0.393 e. The van der Waals surface area contributed by atoms with Crippen LogP contribution in [0.2, 0.25) is 0 Å². The Labute approximate surface area is 138 Å². The van der Waals surface area contributed by atoms with Gasteiger partial charge in [-0.2, -0.15) is 13.2 Å². The monoisotopic (exact) mass is 346 g/mol. The summed E-state index contributed by atoms with van der Waals surface area (Å²) in [4.78, 5) is 13.4. The molecule has 0 bridgehead atoms. The zero-order valence-corrected chi connectivity index (χ0v) is 13.3. The lowest BCUT2D eigenvalue weighted by molar-refractivity contribution is -0.141. The number of hydrogen-bond acceptors (Lipinski definition) is 5. The fraction of sp³-hybridized carbons (Fsp3) is 0.643. The van der Waals surface area contributed by atoms with Crippen molar-refractivity contribution < 1.29 is 18.3 Å². The van der Waals surface area contributed by atoms with Gasteiger partial charge < -0.3 is 20.6 Å². The number of rotatable bonds is 4. The molecule has 0 aliphatic carbocycles. The molecule has 1 aromatic rings. The molecular weight excluding hydrogens is 325 g/mol. The van der Waals surface area contributed by atoms with Crippen LogP contribution in [0.1, 0.15) is 18.5 Å². The topological polar surface area (TPSA) is 85.7 Å². The molecule has 0 amide bonds. The normalized spacial score (nSPS) is 17.0. The summed E-state index contributed by atoms with van der Waals surface area (Å²) in [6.45, 7) is 2.22. The standard InChI is InChI=1S/C14H21F3N6O/c1-18-13(23-8-3-10(24)4-9-23)21-7-6-20-12-19-5-2-11(22-12)14(15,16)17/h2,5,10,24H,3-4,6-9H2,1H3,(H,18,21)(H,19,20,22). The Morgan fingerprint density at radius 3 is 2.71 bits per heavy atom. The van der Waals surface area contributed by atoms with E-state index in [1.165, 1.54) is 0 Å². The highest BCUT2D eigenvalue weighted by atomic mass is 19.4. The first-order valence-corrected chi connectivity index (χ1v) is 7.68. The maximum absolute atomic E-state index is 12.6. The van der Waals surface area contributed by atoms with Gasteiger partial charge in [0.2, 0.25) is 5.95 Å². The van der Waals surface area contributed by atoms with Crippen LogP contribution in [0.25, 0.3) is 0 Å². The first-order chi connectivity index (χ1) is 11.4. The van der Waals surface area contributed by atoms with Crippen LogP contribution in [0.4, 0.5) is 19.1 Å². The van der Waals surface area contributed by atoms with Gasteiger partial charge in [-0.25, -0.2) is 9.97 Å². The molecule has 0 unspecified atom stereocenters. The van der Waals surface area contributed by atoms with Crippen LogP contribution in [0, 0.1) is 0 Å². The summed E-state index contributed by atoms with van der Waals surface area (Å²) in [5.74, 6) is 0.636. The van der Waals surface area contributed by atoms with E-state index in [9.17, 15) is 18.3 Å². The molecule has 0 atom stereocenters. The highest BCUT2D eigenvalue weighted by Crippen LogP contribution is 2.27. The van der Waals surface area contributed by atoms with Gasteiger partial charge in [0.25, 0.3) is 0 Å². The highest BCUT2D eigenvalue weighted by Gasteiger charge is 2.32. The number of aliphatic hydroxyl groups excluding tert-OH is 1. The fourth-order valence-electron chi connectivity index (χ4n) is 2.36. The molecular formula is C14H21F3N6O. The predicted molar refractivity (Wildman–Crippen MR) is 83.7 cm³/mol. The minimum absolute atomic E-state index is 0.0669. The Morgan fingerprint density at radius 1 is 1.38 bits per heavy atom. The van der Waals surface area contributed by atoms with E-state index in [1.54, 1.807) is 7.05 Å². The van der Waals surface area contributed by atoms with E-state index in [0.717, 1.165) is 12.3 Å². The van der Waals surface area contributed by atoms with Crippen molar-refractivity contribution in [2.45, 2.75) is 25.1 Å². The van der Waals surface area contributed by atoms with Crippen LogP contribution in [-0.4, -0.2) is 65.3 Å². The zero-order valence-electron chi connectivity index (χ0n) is 13.3. The fourth-order valence-corrected chi connectivity index (χ4v) is 2.36. The molecule has 24 heavy (non-hydrogen) atoms. The number of aromatic nitrogens is 2. The van der Waals surface area contributed by atoms with Crippen LogP contribution >= 0.6 is 0 Å². The third kappa shape index (κ3) is 5.22. The first kappa shape index (κ1) is 18.2. The van der Waals surface area contributed by atoms with E-state index in [0.29, 0.717) is 45.0 Å². The average molecular weight is 346 g/mol. The second kappa shape index (κ2) is 8.13. The number of nitrogens with zero attached hydrogens (tertiary/aromatic N) is 4. The summed E-state index contributed by atoms with van der Waals surface area (Å²) in [6, 6.07) is 0.829. The van der Waals surface area contributed by atoms with E-state index >= 15 is 0 Å². The molecule has 1 saturated heterocycles. The Balaban J connectivity index is 1.78. The molecule has 7 nitrogen and oxygen atoms in total. The van der Waals surface area contributed by atoms with E-state index in [1.807, 2.05) is 4.90 Å². The quantitative estimate of drug-likeness (QED) is 0.427. The van der Waals surface area contributed by atoms with Crippen molar-refractivity contribution in [2.24, 2.45) is 4.99 Å². The van der Waals surface area contributed by atoms with Crippen molar-refractivity contribution in [1.29, 1.82) is 0 Å². The lowest BCUT2D eigenvalue weighted by atomic mass is 10.1. The van der Waals surface area contributed by atoms with E-state index in [-0.39, 0.29) is 12.1 Å². The average Bonchev–Trinajstić information content (AvgIpc) is 2.56. The molecule has 0 aromatic carbocycles. The van der Waals surface area contributed by atoms with Gasteiger partial charge in [-0.1, -0.05) is 0 Å². The summed E-state index contributed by atoms with van der Waals surface area (Å²) in [6.07, 6.45) is -2.30. The molecule has 0 radical (unpaired) electrons. The number of anilines is 1. The van der Waals surface area contributed by atoms with Crippen LogP contribution in [0.5, 0.6) is 0 Å². The Bertz CT molecular complexity index is 558. The van der Waals surface area contributed by atoms with Crippen LogP contribution in [0.15, 0.2) is 17.3 Å². The summed E-state index contributed by atoms with van der Waals surface area (Å²) in [5.41, 5.74) is -0.976. The number of halogens is 3. The van der Waals surface area contributed by atoms with Crippen molar-refractivity contribution in [3.63, 3.8) is 0 Å². The van der Waals surface area contributed by atoms with Crippen molar-refractivity contribution in [2.75, 3.05) is 38.5 Å². The number of likely N-dealkylation sites (tertiary alicyclic amines) is 1. The largest absolute Gasteiger partial charge is 0.433 e. The third-order valence-electron chi connectivity index (χ3n) is 3.61. The number of hydrogen-bond donors (Lipinski definition) is 3. The number of aliphatic hydroxyl groups is 1. The van der Waals surface area contributed by atoms with Crippen molar-refractivity contribution >= 4 is 11.9 Å². The lowest BCUT2D eigenvalue weighted by Crippen LogP contribution is -2.47. The van der Waals surface area contributed by atoms with Gasteiger partial charge in [-0.05, 0) is 18.9 Å². The highest BCUT2D eigenvalue weighted by molar-refractivity contribution is 5.80. The molecule has 1 aliphatic rings. The Kier molecular flexibility index (Phi) is 6.18. The summed E-state index contributed by atoms with van der Waals surface area (Å²) < 4.78 is 37.7. The van der Waals surface area contributed by atoms with Gasteiger partial charge in [0.05, 0.1) is 6.10 Å². The van der Waals surface area contributed by atoms with Crippen molar-refractivity contribution in [3.8, 4) is 0 Å². The molecule has 2 heterocycles. The molecule has 10 heteroatoms. The zero-order chi connectivity index (χ0) is 17.6. The van der Waals surface area contributed by atoms with Gasteiger partial charge in [0.1, 0.15) is 5.69 Å². The molecule has 3 N–H and O–H groups in total. The first-order valence-electron chi connectivity index (χ1n) is 7.68. The molecule has 1 aromatic heterocycles. The van der Waals surface area contributed by atoms with Gasteiger partial charge in [0.15, 0.2) is 5.96 Å². The van der Waals surface area contributed by atoms with E-state index in [4.69, 9.17) is 0 Å². The summed E-state index contributed by atoms with van der Waals surface area (Å²) in [5, 5.41) is 15.4. The molecule has 0 spiro atoms. The van der Waals surface area contributed by atoms with Crippen LogP contribution in [0.3, 0.4) is 0 Å². The third-order valence-corrected chi connectivity index (χ3v) is 3.61. The predicted octanol–water partition coefficient (Wildman–Crippen LogP) is 0.939. The van der Waals surface area contributed by atoms with Crippen molar-refractivity contribution in [3.05, 3.63) is 18.0 Å². The lowest BCUT2D eigenvalue weighted by Gasteiger charge is -2.32. The Hall–Kier alpha value is -2.10. The minimum Gasteiger partial charge on any atom is -0.393 e. The maximum atomic E-state index is 12.6. The van der Waals surface area contributed by atoms with Crippen LogP contribution < -0.4 is 10.6 Å². The number of guanidine groups is 1. The van der Waals surface area contributed by atoms with Gasteiger partial charge in [0, 0.05) is 39.4 Å². The molecule has 0 saturated carbocycles. The minimum atomic E-state index is -4.49. The second-order valence-corrected chi connectivity index (χ2v) is 5.38. The maximum Gasteiger partial charge on any atom is 0.433 e. The van der Waals surface area contributed by atoms with Crippen molar-refractivity contribution in [1.82, 2.24) is 20.2 Å². The Morgan fingerprint density at radius 2 is 2.08 bits per heavy atom. The number of piperidine rings is 1.